The predicted octanol–water partition coefficient (Wildman–Crippen LogP) is 2.79. The van der Waals surface area contributed by atoms with Crippen molar-refractivity contribution in [2.75, 3.05) is 32.2 Å². The first kappa shape index (κ1) is 18.1. The van der Waals surface area contributed by atoms with E-state index in [0.717, 1.165) is 17.7 Å². The number of ether oxygens (including phenoxy) is 3. The summed E-state index contributed by atoms with van der Waals surface area (Å²) in [4.78, 5) is 8.36. The molecule has 0 atom stereocenters. The Morgan fingerprint density at radius 2 is 1.86 bits per heavy atom. The molecule has 120 valence electrons. The maximum Gasteiger partial charge on any atom is 0.224 e. The Hall–Kier alpha value is -0.950. The van der Waals surface area contributed by atoms with Gasteiger partial charge in [0.15, 0.2) is 6.29 Å². The van der Waals surface area contributed by atoms with Gasteiger partial charge in [-0.1, -0.05) is 0 Å². The number of hydrogen-bond donors (Lipinski definition) is 1. The van der Waals surface area contributed by atoms with Gasteiger partial charge in [-0.2, -0.15) is 0 Å². The van der Waals surface area contributed by atoms with Gasteiger partial charge < -0.3 is 19.5 Å². The lowest BCUT2D eigenvalue weighted by molar-refractivity contribution is -0.137. The highest BCUT2D eigenvalue weighted by atomic mass is 35.5. The van der Waals surface area contributed by atoms with Gasteiger partial charge in [0.2, 0.25) is 5.28 Å². The molecule has 0 amide bonds. The molecule has 21 heavy (non-hydrogen) atoms. The smallest absolute Gasteiger partial charge is 0.224 e. The van der Waals surface area contributed by atoms with Crippen LogP contribution in [-0.2, 0) is 20.8 Å². The Morgan fingerprint density at radius 1 is 1.19 bits per heavy atom. The molecule has 0 aliphatic rings. The molecule has 0 saturated carbocycles. The molecule has 0 aromatic carbocycles. The van der Waals surface area contributed by atoms with Gasteiger partial charge >= 0.3 is 0 Å². The third kappa shape index (κ3) is 6.13. The van der Waals surface area contributed by atoms with Crippen LogP contribution < -0.4 is 5.32 Å². The van der Waals surface area contributed by atoms with Crippen LogP contribution in [0.15, 0.2) is 0 Å². The average Bonchev–Trinajstić information content (AvgIpc) is 2.43. The van der Waals surface area contributed by atoms with E-state index in [-0.39, 0.29) is 11.6 Å². The molecule has 7 heteroatoms. The number of hydrogen-bond acceptors (Lipinski definition) is 6. The van der Waals surface area contributed by atoms with Crippen molar-refractivity contribution in [2.45, 2.75) is 40.1 Å². The highest BCUT2D eigenvalue weighted by Crippen LogP contribution is 2.19. The van der Waals surface area contributed by atoms with E-state index in [1.165, 1.54) is 0 Å². The monoisotopic (exact) mass is 317 g/mol. The molecule has 0 spiro atoms. The van der Waals surface area contributed by atoms with Crippen molar-refractivity contribution in [3.63, 3.8) is 0 Å². The summed E-state index contributed by atoms with van der Waals surface area (Å²) in [6.07, 6.45) is 0.506. The first-order chi connectivity index (χ1) is 10.1. The fourth-order valence-electron chi connectivity index (χ4n) is 1.92. The standard InChI is InChI=1S/C14H24ClN3O3/c1-5-20-12(21-6-2)7-8-16-13-11(9-19-4)10(3)17-14(15)18-13/h12H,5-9H2,1-4H3,(H,16,17,18). The van der Waals surface area contributed by atoms with E-state index >= 15 is 0 Å². The molecule has 1 heterocycles. The maximum atomic E-state index is 5.91. The van der Waals surface area contributed by atoms with Gasteiger partial charge in [0.25, 0.3) is 0 Å². The van der Waals surface area contributed by atoms with Crippen molar-refractivity contribution < 1.29 is 14.2 Å². The van der Waals surface area contributed by atoms with Gasteiger partial charge in [-0.25, -0.2) is 9.97 Å². The van der Waals surface area contributed by atoms with E-state index in [0.29, 0.717) is 32.2 Å². The minimum absolute atomic E-state index is 0.211. The Morgan fingerprint density at radius 3 is 2.43 bits per heavy atom. The zero-order valence-electron chi connectivity index (χ0n) is 13.1. The molecule has 0 bridgehead atoms. The summed E-state index contributed by atoms with van der Waals surface area (Å²) in [6.45, 7) is 8.12. The lowest BCUT2D eigenvalue weighted by Crippen LogP contribution is -2.21. The van der Waals surface area contributed by atoms with Crippen molar-refractivity contribution in [3.8, 4) is 0 Å². The summed E-state index contributed by atoms with van der Waals surface area (Å²) in [5, 5.41) is 3.47. The Kier molecular flexibility index (Phi) is 8.52. The molecule has 1 aromatic rings. The van der Waals surface area contributed by atoms with Crippen LogP contribution in [0.2, 0.25) is 5.28 Å². The highest BCUT2D eigenvalue weighted by molar-refractivity contribution is 6.28. The van der Waals surface area contributed by atoms with E-state index in [1.807, 2.05) is 20.8 Å². The van der Waals surface area contributed by atoms with E-state index in [9.17, 15) is 0 Å². The SMILES string of the molecule is CCOC(CCNc1nc(Cl)nc(C)c1COC)OCC. The van der Waals surface area contributed by atoms with Gasteiger partial charge in [-0.3, -0.25) is 0 Å². The molecule has 0 fully saturated rings. The van der Waals surface area contributed by atoms with Crippen LogP contribution in [0.5, 0.6) is 0 Å². The van der Waals surface area contributed by atoms with E-state index in [4.69, 9.17) is 25.8 Å². The molecule has 0 saturated heterocycles. The fraction of sp³-hybridized carbons (Fsp3) is 0.714. The van der Waals surface area contributed by atoms with Gasteiger partial charge in [0.1, 0.15) is 5.82 Å². The number of methoxy groups -OCH3 is 1. The zero-order chi connectivity index (χ0) is 15.7. The second kappa shape index (κ2) is 9.89. The van der Waals surface area contributed by atoms with Crippen molar-refractivity contribution in [2.24, 2.45) is 0 Å². The van der Waals surface area contributed by atoms with Gasteiger partial charge in [0, 0.05) is 44.5 Å². The average molecular weight is 318 g/mol. The predicted molar refractivity (Wildman–Crippen MR) is 82.6 cm³/mol. The largest absolute Gasteiger partial charge is 0.380 e. The van der Waals surface area contributed by atoms with Crippen molar-refractivity contribution >= 4 is 17.4 Å². The topological polar surface area (TPSA) is 65.5 Å². The van der Waals surface area contributed by atoms with E-state index < -0.39 is 0 Å². The number of nitrogens with zero attached hydrogens (tertiary/aromatic N) is 2. The van der Waals surface area contributed by atoms with Crippen LogP contribution in [0.1, 0.15) is 31.5 Å². The van der Waals surface area contributed by atoms with Crippen LogP contribution in [-0.4, -0.2) is 43.1 Å². The first-order valence-corrected chi connectivity index (χ1v) is 7.49. The molecule has 0 radical (unpaired) electrons. The normalized spacial score (nSPS) is 11.1. The van der Waals surface area contributed by atoms with Gasteiger partial charge in [-0.05, 0) is 32.4 Å². The molecule has 1 N–H and O–H groups in total. The molecular weight excluding hydrogens is 294 g/mol. The second-order valence-electron chi connectivity index (χ2n) is 4.39. The van der Waals surface area contributed by atoms with Crippen molar-refractivity contribution in [1.29, 1.82) is 0 Å². The third-order valence-corrected chi connectivity index (χ3v) is 3.02. The summed E-state index contributed by atoms with van der Waals surface area (Å²) in [5.74, 6) is 0.695. The van der Waals surface area contributed by atoms with Gasteiger partial charge in [-0.15, -0.1) is 0 Å². The third-order valence-electron chi connectivity index (χ3n) is 2.85. The highest BCUT2D eigenvalue weighted by Gasteiger charge is 2.12. The summed E-state index contributed by atoms with van der Waals surface area (Å²) < 4.78 is 16.2. The van der Waals surface area contributed by atoms with Gasteiger partial charge in [0.05, 0.1) is 6.61 Å². The molecular formula is C14H24ClN3O3. The molecule has 0 unspecified atom stereocenters. The lowest BCUT2D eigenvalue weighted by atomic mass is 10.2. The van der Waals surface area contributed by atoms with Crippen LogP contribution in [0.3, 0.4) is 0 Å². The zero-order valence-corrected chi connectivity index (χ0v) is 13.9. The summed E-state index contributed by atoms with van der Waals surface area (Å²) in [6, 6.07) is 0. The molecule has 0 aliphatic heterocycles. The molecule has 6 nitrogen and oxygen atoms in total. The molecule has 0 aliphatic carbocycles. The number of nitrogens with one attached hydrogen (secondary N) is 1. The Balaban J connectivity index is 2.65. The number of aromatic nitrogens is 2. The fourth-order valence-corrected chi connectivity index (χ4v) is 2.13. The summed E-state index contributed by atoms with van der Waals surface area (Å²) in [5.41, 5.74) is 1.72. The van der Waals surface area contributed by atoms with Crippen LogP contribution in [0.25, 0.3) is 0 Å². The maximum absolute atomic E-state index is 5.91. The quantitative estimate of drug-likeness (QED) is 0.529. The number of rotatable bonds is 10. The molecule has 1 rings (SSSR count). The van der Waals surface area contributed by atoms with Crippen LogP contribution in [0.4, 0.5) is 5.82 Å². The Bertz CT molecular complexity index is 426. The number of aryl methyl sites for hydroxylation is 1. The lowest BCUT2D eigenvalue weighted by Gasteiger charge is -2.18. The molecule has 1 aromatic heterocycles. The Labute approximate surface area is 131 Å². The first-order valence-electron chi connectivity index (χ1n) is 7.11. The van der Waals surface area contributed by atoms with E-state index in [1.54, 1.807) is 7.11 Å². The van der Waals surface area contributed by atoms with Crippen molar-refractivity contribution in [3.05, 3.63) is 16.5 Å². The number of anilines is 1. The summed E-state index contributed by atoms with van der Waals surface area (Å²) >= 11 is 5.91. The van der Waals surface area contributed by atoms with Crippen molar-refractivity contribution in [1.82, 2.24) is 9.97 Å². The second-order valence-corrected chi connectivity index (χ2v) is 4.73. The van der Waals surface area contributed by atoms with Crippen LogP contribution >= 0.6 is 11.6 Å². The van der Waals surface area contributed by atoms with Crippen LogP contribution in [0, 0.1) is 6.92 Å². The number of halogens is 1. The van der Waals surface area contributed by atoms with E-state index in [2.05, 4.69) is 15.3 Å². The minimum Gasteiger partial charge on any atom is -0.380 e. The minimum atomic E-state index is -0.211. The summed E-state index contributed by atoms with van der Waals surface area (Å²) in [7, 11) is 1.64.